The van der Waals surface area contributed by atoms with Gasteiger partial charge in [-0.1, -0.05) is 76.4 Å². The predicted octanol–water partition coefficient (Wildman–Crippen LogP) is 6.74. The van der Waals surface area contributed by atoms with Gasteiger partial charge in [-0.3, -0.25) is 0 Å². The van der Waals surface area contributed by atoms with Gasteiger partial charge >= 0.3 is 0 Å². The summed E-state index contributed by atoms with van der Waals surface area (Å²) < 4.78 is 14.9. The summed E-state index contributed by atoms with van der Waals surface area (Å²) in [6.07, 6.45) is 7.63. The van der Waals surface area contributed by atoms with E-state index < -0.39 is 0 Å². The molecule has 23 heavy (non-hydrogen) atoms. The first-order valence-electron chi connectivity index (χ1n) is 9.10. The molecule has 0 nitrogen and oxygen atoms in total. The second-order valence-electron chi connectivity index (χ2n) is 6.32. The number of hydrogen-bond acceptors (Lipinski definition) is 0. The normalized spacial score (nSPS) is 11.0. The molecular formula is C22H29F. The Morgan fingerprint density at radius 1 is 0.783 bits per heavy atom. The lowest BCUT2D eigenvalue weighted by molar-refractivity contribution is 0.611. The number of halogens is 1. The summed E-state index contributed by atoms with van der Waals surface area (Å²) in [6.45, 7) is 6.40. The lowest BCUT2D eigenvalue weighted by atomic mass is 9.94. The summed E-state index contributed by atoms with van der Waals surface area (Å²) in [6, 6.07) is 12.5. The van der Waals surface area contributed by atoms with Crippen molar-refractivity contribution < 1.29 is 4.39 Å². The number of aryl methyl sites for hydroxylation is 2. The van der Waals surface area contributed by atoms with Crippen molar-refractivity contribution in [2.24, 2.45) is 0 Å². The van der Waals surface area contributed by atoms with Crippen LogP contribution in [-0.2, 0) is 19.3 Å². The fourth-order valence-corrected chi connectivity index (χ4v) is 3.20. The van der Waals surface area contributed by atoms with Crippen molar-refractivity contribution in [1.29, 1.82) is 0 Å². The standard InChI is InChI=1S/C22H29F/c1-4-7-8-10-17-11-13-19(14-12-17)21-16-15-18(9-5-2)20(6-3)22(21)23/h11-16H,4-10H2,1-3H3. The molecule has 0 amide bonds. The number of unbranched alkanes of at least 4 members (excludes halogenated alkanes) is 2. The van der Waals surface area contributed by atoms with Crippen LogP contribution in [0.5, 0.6) is 0 Å². The monoisotopic (exact) mass is 312 g/mol. The van der Waals surface area contributed by atoms with Crippen LogP contribution in [0.1, 0.15) is 63.1 Å². The molecule has 0 unspecified atom stereocenters. The Hall–Kier alpha value is -1.63. The maximum Gasteiger partial charge on any atom is 0.134 e. The van der Waals surface area contributed by atoms with Crippen LogP contribution in [0, 0.1) is 5.82 Å². The van der Waals surface area contributed by atoms with Gasteiger partial charge in [0.05, 0.1) is 0 Å². The van der Waals surface area contributed by atoms with Crippen LogP contribution < -0.4 is 0 Å². The van der Waals surface area contributed by atoms with E-state index >= 15 is 0 Å². The Balaban J connectivity index is 2.24. The van der Waals surface area contributed by atoms with Crippen molar-refractivity contribution in [3.05, 3.63) is 58.9 Å². The average Bonchev–Trinajstić information content (AvgIpc) is 2.57. The van der Waals surface area contributed by atoms with Crippen molar-refractivity contribution in [3.8, 4) is 11.1 Å². The summed E-state index contributed by atoms with van der Waals surface area (Å²) in [4.78, 5) is 0. The zero-order valence-corrected chi connectivity index (χ0v) is 14.8. The van der Waals surface area contributed by atoms with Gasteiger partial charge in [0.2, 0.25) is 0 Å². The van der Waals surface area contributed by atoms with Gasteiger partial charge in [-0.25, -0.2) is 4.39 Å². The molecule has 0 bridgehead atoms. The fourth-order valence-electron chi connectivity index (χ4n) is 3.20. The highest BCUT2D eigenvalue weighted by molar-refractivity contribution is 5.66. The minimum atomic E-state index is -0.0304. The Morgan fingerprint density at radius 2 is 1.52 bits per heavy atom. The first-order chi connectivity index (χ1) is 11.2. The Labute approximate surface area is 140 Å². The van der Waals surface area contributed by atoms with Crippen molar-refractivity contribution in [3.63, 3.8) is 0 Å². The molecule has 0 heterocycles. The molecule has 0 saturated heterocycles. The molecule has 2 aromatic carbocycles. The van der Waals surface area contributed by atoms with Crippen LogP contribution in [0.2, 0.25) is 0 Å². The van der Waals surface area contributed by atoms with E-state index in [4.69, 9.17) is 0 Å². The number of hydrogen-bond donors (Lipinski definition) is 0. The van der Waals surface area contributed by atoms with Gasteiger partial charge in [0.15, 0.2) is 0 Å². The molecule has 0 saturated carbocycles. The summed E-state index contributed by atoms with van der Waals surface area (Å²) in [7, 11) is 0. The van der Waals surface area contributed by atoms with Crippen LogP contribution in [0.3, 0.4) is 0 Å². The molecule has 1 heteroatoms. The molecule has 0 spiro atoms. The van der Waals surface area contributed by atoms with Gasteiger partial charge in [-0.05, 0) is 47.9 Å². The lowest BCUT2D eigenvalue weighted by Gasteiger charge is -2.13. The van der Waals surface area contributed by atoms with E-state index in [1.165, 1.54) is 24.8 Å². The first-order valence-corrected chi connectivity index (χ1v) is 9.10. The number of rotatable bonds is 8. The van der Waals surface area contributed by atoms with E-state index in [2.05, 4.69) is 44.2 Å². The van der Waals surface area contributed by atoms with Crippen molar-refractivity contribution in [1.82, 2.24) is 0 Å². The van der Waals surface area contributed by atoms with Gasteiger partial charge in [-0.2, -0.15) is 0 Å². The highest BCUT2D eigenvalue weighted by Crippen LogP contribution is 2.28. The van der Waals surface area contributed by atoms with E-state index in [1.807, 2.05) is 13.0 Å². The summed E-state index contributed by atoms with van der Waals surface area (Å²) in [5, 5.41) is 0. The molecule has 124 valence electrons. The van der Waals surface area contributed by atoms with Crippen LogP contribution >= 0.6 is 0 Å². The number of benzene rings is 2. The predicted molar refractivity (Wildman–Crippen MR) is 98.4 cm³/mol. The van der Waals surface area contributed by atoms with Crippen LogP contribution in [0.15, 0.2) is 36.4 Å². The maximum atomic E-state index is 14.9. The minimum Gasteiger partial charge on any atom is -0.206 e. The molecule has 0 aliphatic heterocycles. The highest BCUT2D eigenvalue weighted by atomic mass is 19.1. The van der Waals surface area contributed by atoms with E-state index in [0.717, 1.165) is 47.9 Å². The fraction of sp³-hybridized carbons (Fsp3) is 0.455. The third-order valence-electron chi connectivity index (χ3n) is 4.55. The zero-order valence-electron chi connectivity index (χ0n) is 14.8. The van der Waals surface area contributed by atoms with Gasteiger partial charge < -0.3 is 0 Å². The lowest BCUT2D eigenvalue weighted by Crippen LogP contribution is -1.99. The van der Waals surface area contributed by atoms with Gasteiger partial charge in [0.25, 0.3) is 0 Å². The Morgan fingerprint density at radius 3 is 2.13 bits per heavy atom. The van der Waals surface area contributed by atoms with E-state index in [9.17, 15) is 4.39 Å². The molecular weight excluding hydrogens is 283 g/mol. The molecule has 0 fully saturated rings. The van der Waals surface area contributed by atoms with E-state index in [-0.39, 0.29) is 5.82 Å². The molecule has 0 radical (unpaired) electrons. The van der Waals surface area contributed by atoms with Crippen molar-refractivity contribution in [2.75, 3.05) is 0 Å². The molecule has 2 aromatic rings. The van der Waals surface area contributed by atoms with Crippen molar-refractivity contribution >= 4 is 0 Å². The molecule has 2 rings (SSSR count). The van der Waals surface area contributed by atoms with E-state index in [1.54, 1.807) is 0 Å². The largest absolute Gasteiger partial charge is 0.206 e. The summed E-state index contributed by atoms with van der Waals surface area (Å²) in [5.41, 5.74) is 5.12. The quantitative estimate of drug-likeness (QED) is 0.473. The molecule has 0 aliphatic carbocycles. The minimum absolute atomic E-state index is 0.0304. The first kappa shape index (κ1) is 17.7. The third-order valence-corrected chi connectivity index (χ3v) is 4.55. The van der Waals surface area contributed by atoms with Gasteiger partial charge in [-0.15, -0.1) is 0 Å². The van der Waals surface area contributed by atoms with Crippen LogP contribution in [-0.4, -0.2) is 0 Å². The summed E-state index contributed by atoms with van der Waals surface area (Å²) in [5.74, 6) is -0.0304. The third kappa shape index (κ3) is 4.43. The molecule has 0 aliphatic rings. The van der Waals surface area contributed by atoms with Crippen LogP contribution in [0.25, 0.3) is 11.1 Å². The van der Waals surface area contributed by atoms with E-state index in [0.29, 0.717) is 0 Å². The second-order valence-corrected chi connectivity index (χ2v) is 6.32. The summed E-state index contributed by atoms with van der Waals surface area (Å²) >= 11 is 0. The zero-order chi connectivity index (χ0) is 16.7. The Bertz CT molecular complexity index is 611. The van der Waals surface area contributed by atoms with Crippen LogP contribution in [0.4, 0.5) is 4.39 Å². The molecule has 0 aromatic heterocycles. The molecule has 0 atom stereocenters. The van der Waals surface area contributed by atoms with Gasteiger partial charge in [0, 0.05) is 5.56 Å². The topological polar surface area (TPSA) is 0 Å². The maximum absolute atomic E-state index is 14.9. The second kappa shape index (κ2) is 8.86. The SMILES string of the molecule is CCCCCc1ccc(-c2ccc(CCC)c(CC)c2F)cc1. The smallest absolute Gasteiger partial charge is 0.134 e. The molecule has 0 N–H and O–H groups in total. The van der Waals surface area contributed by atoms with Gasteiger partial charge in [0.1, 0.15) is 5.82 Å². The van der Waals surface area contributed by atoms with Crippen molar-refractivity contribution in [2.45, 2.75) is 65.7 Å². The highest BCUT2D eigenvalue weighted by Gasteiger charge is 2.13. The average molecular weight is 312 g/mol. The Kier molecular flexibility index (Phi) is 6.83.